The lowest BCUT2D eigenvalue weighted by molar-refractivity contribution is 0.0961. The van der Waals surface area contributed by atoms with Gasteiger partial charge >= 0.3 is 0 Å². The Labute approximate surface area is 114 Å². The summed E-state index contributed by atoms with van der Waals surface area (Å²) >= 11 is 0. The maximum Gasteiger partial charge on any atom is 0.0469 e. The van der Waals surface area contributed by atoms with Crippen LogP contribution in [0.5, 0.6) is 0 Å². The van der Waals surface area contributed by atoms with Crippen LogP contribution in [0.3, 0.4) is 0 Å². The van der Waals surface area contributed by atoms with E-state index in [-0.39, 0.29) is 0 Å². The zero-order valence-electron chi connectivity index (χ0n) is 12.7. The van der Waals surface area contributed by atoms with Crippen LogP contribution in [0.4, 0.5) is 0 Å². The molecule has 0 bridgehead atoms. The van der Waals surface area contributed by atoms with E-state index < -0.39 is 0 Å². The molecule has 0 saturated heterocycles. The van der Waals surface area contributed by atoms with Crippen LogP contribution in [0.25, 0.3) is 0 Å². The van der Waals surface area contributed by atoms with E-state index in [1.807, 2.05) is 0 Å². The Bertz CT molecular complexity index is 194. The molecule has 1 rings (SSSR count). The van der Waals surface area contributed by atoms with Gasteiger partial charge in [0.1, 0.15) is 0 Å². The van der Waals surface area contributed by atoms with Gasteiger partial charge in [-0.15, -0.1) is 0 Å². The van der Waals surface area contributed by atoms with E-state index in [9.17, 15) is 0 Å². The van der Waals surface area contributed by atoms with Crippen molar-refractivity contribution in [3.05, 3.63) is 0 Å². The Kier molecular flexibility index (Phi) is 8.70. The van der Waals surface area contributed by atoms with Gasteiger partial charge in [-0.3, -0.25) is 0 Å². The summed E-state index contributed by atoms with van der Waals surface area (Å²) in [7, 11) is 0. The maximum absolute atomic E-state index is 5.74. The quantitative estimate of drug-likeness (QED) is 0.629. The van der Waals surface area contributed by atoms with Crippen molar-refractivity contribution in [2.24, 2.45) is 11.8 Å². The molecule has 0 spiro atoms. The predicted octanol–water partition coefficient (Wildman–Crippen LogP) is 4.00. The second kappa shape index (κ2) is 9.80. The third kappa shape index (κ3) is 6.19. The van der Waals surface area contributed by atoms with Crippen LogP contribution in [0.1, 0.15) is 65.7 Å². The molecule has 1 fully saturated rings. The minimum Gasteiger partial charge on any atom is -0.381 e. The minimum absolute atomic E-state index is 0.746. The molecule has 18 heavy (non-hydrogen) atoms. The largest absolute Gasteiger partial charge is 0.381 e. The van der Waals surface area contributed by atoms with Gasteiger partial charge in [0.2, 0.25) is 0 Å². The highest BCUT2D eigenvalue weighted by Gasteiger charge is 2.27. The molecule has 1 aliphatic rings. The fraction of sp³-hybridized carbons (Fsp3) is 1.00. The number of ether oxygens (including phenoxy) is 1. The lowest BCUT2D eigenvalue weighted by Crippen LogP contribution is -2.41. The van der Waals surface area contributed by atoms with Crippen LogP contribution >= 0.6 is 0 Å². The molecule has 3 atom stereocenters. The van der Waals surface area contributed by atoms with Crippen molar-refractivity contribution in [3.8, 4) is 0 Å². The highest BCUT2D eigenvalue weighted by molar-refractivity contribution is 4.83. The molecule has 1 aliphatic carbocycles. The summed E-state index contributed by atoms with van der Waals surface area (Å²) in [6.45, 7) is 9.96. The van der Waals surface area contributed by atoms with E-state index in [0.717, 1.165) is 31.1 Å². The lowest BCUT2D eigenvalue weighted by atomic mass is 9.77. The maximum atomic E-state index is 5.74. The second-order valence-corrected chi connectivity index (χ2v) is 5.99. The average molecular weight is 255 g/mol. The summed E-state index contributed by atoms with van der Waals surface area (Å²) in [5.41, 5.74) is 0. The number of hydrogen-bond acceptors (Lipinski definition) is 2. The van der Waals surface area contributed by atoms with Gasteiger partial charge < -0.3 is 10.1 Å². The zero-order valence-corrected chi connectivity index (χ0v) is 12.7. The van der Waals surface area contributed by atoms with E-state index in [4.69, 9.17) is 4.74 Å². The van der Waals surface area contributed by atoms with Gasteiger partial charge in [-0.05, 0) is 56.9 Å². The zero-order chi connectivity index (χ0) is 13.2. The SMILES string of the molecule is CCCCOCCC1CC(C)CCC1NCCC. The van der Waals surface area contributed by atoms with Crippen molar-refractivity contribution in [1.29, 1.82) is 0 Å². The molecule has 1 N–H and O–H groups in total. The summed E-state index contributed by atoms with van der Waals surface area (Å²) in [4.78, 5) is 0. The number of nitrogens with one attached hydrogen (secondary N) is 1. The summed E-state index contributed by atoms with van der Waals surface area (Å²) < 4.78 is 5.74. The van der Waals surface area contributed by atoms with Crippen LogP contribution in [0.15, 0.2) is 0 Å². The van der Waals surface area contributed by atoms with Crippen molar-refractivity contribution in [1.82, 2.24) is 5.32 Å². The molecule has 0 amide bonds. The second-order valence-electron chi connectivity index (χ2n) is 5.99. The first-order valence-corrected chi connectivity index (χ1v) is 8.09. The van der Waals surface area contributed by atoms with Gasteiger partial charge in [-0.2, -0.15) is 0 Å². The fourth-order valence-corrected chi connectivity index (χ4v) is 3.00. The molecule has 3 unspecified atom stereocenters. The lowest BCUT2D eigenvalue weighted by Gasteiger charge is -2.35. The Balaban J connectivity index is 2.23. The van der Waals surface area contributed by atoms with Crippen LogP contribution < -0.4 is 5.32 Å². The van der Waals surface area contributed by atoms with Crippen molar-refractivity contribution in [2.45, 2.75) is 71.8 Å². The number of rotatable bonds is 9. The molecule has 2 heteroatoms. The summed E-state index contributed by atoms with van der Waals surface area (Å²) in [5, 5.41) is 3.74. The third-order valence-corrected chi connectivity index (χ3v) is 4.18. The first-order valence-electron chi connectivity index (χ1n) is 8.09. The Morgan fingerprint density at radius 3 is 2.67 bits per heavy atom. The highest BCUT2D eigenvalue weighted by Crippen LogP contribution is 2.31. The molecule has 0 aliphatic heterocycles. The van der Waals surface area contributed by atoms with Gasteiger partial charge in [0, 0.05) is 19.3 Å². The first-order chi connectivity index (χ1) is 8.77. The molecular formula is C16H33NO. The third-order valence-electron chi connectivity index (χ3n) is 4.18. The molecule has 0 radical (unpaired) electrons. The fourth-order valence-electron chi connectivity index (χ4n) is 3.00. The first kappa shape index (κ1) is 16.0. The van der Waals surface area contributed by atoms with Crippen molar-refractivity contribution in [2.75, 3.05) is 19.8 Å². The number of hydrogen-bond donors (Lipinski definition) is 1. The van der Waals surface area contributed by atoms with Gasteiger partial charge in [0.05, 0.1) is 0 Å². The molecule has 0 aromatic heterocycles. The van der Waals surface area contributed by atoms with E-state index in [2.05, 4.69) is 26.1 Å². The Morgan fingerprint density at radius 2 is 1.94 bits per heavy atom. The number of unbranched alkanes of at least 4 members (excludes halogenated alkanes) is 1. The van der Waals surface area contributed by atoms with Crippen molar-refractivity contribution < 1.29 is 4.74 Å². The summed E-state index contributed by atoms with van der Waals surface area (Å²) in [6.07, 6.45) is 9.08. The molecule has 108 valence electrons. The van der Waals surface area contributed by atoms with Crippen molar-refractivity contribution >= 4 is 0 Å². The minimum atomic E-state index is 0.746. The van der Waals surface area contributed by atoms with E-state index in [1.54, 1.807) is 0 Å². The van der Waals surface area contributed by atoms with Crippen LogP contribution in [0, 0.1) is 11.8 Å². The predicted molar refractivity (Wildman–Crippen MR) is 78.9 cm³/mol. The molecule has 0 heterocycles. The molecule has 0 aromatic carbocycles. The van der Waals surface area contributed by atoms with Crippen LogP contribution in [-0.4, -0.2) is 25.8 Å². The molecule has 0 aromatic rings. The van der Waals surface area contributed by atoms with E-state index >= 15 is 0 Å². The average Bonchev–Trinajstić information content (AvgIpc) is 2.37. The van der Waals surface area contributed by atoms with Crippen molar-refractivity contribution in [3.63, 3.8) is 0 Å². The normalized spacial score (nSPS) is 28.5. The van der Waals surface area contributed by atoms with E-state index in [0.29, 0.717) is 0 Å². The Hall–Kier alpha value is -0.0800. The summed E-state index contributed by atoms with van der Waals surface area (Å²) in [5.74, 6) is 1.74. The summed E-state index contributed by atoms with van der Waals surface area (Å²) in [6, 6.07) is 0.746. The van der Waals surface area contributed by atoms with E-state index in [1.165, 1.54) is 51.5 Å². The van der Waals surface area contributed by atoms with Gasteiger partial charge in [-0.1, -0.05) is 27.2 Å². The monoisotopic (exact) mass is 255 g/mol. The topological polar surface area (TPSA) is 21.3 Å². The highest BCUT2D eigenvalue weighted by atomic mass is 16.5. The molecule has 2 nitrogen and oxygen atoms in total. The standard InChI is InChI=1S/C16H33NO/c1-4-6-11-18-12-9-15-13-14(3)7-8-16(15)17-10-5-2/h14-17H,4-13H2,1-3H3. The Morgan fingerprint density at radius 1 is 1.11 bits per heavy atom. The van der Waals surface area contributed by atoms with Crippen LogP contribution in [-0.2, 0) is 4.74 Å². The van der Waals surface area contributed by atoms with Gasteiger partial charge in [0.15, 0.2) is 0 Å². The van der Waals surface area contributed by atoms with Gasteiger partial charge in [-0.25, -0.2) is 0 Å². The molecule has 1 saturated carbocycles. The van der Waals surface area contributed by atoms with Gasteiger partial charge in [0.25, 0.3) is 0 Å². The van der Waals surface area contributed by atoms with Crippen LogP contribution in [0.2, 0.25) is 0 Å². The smallest absolute Gasteiger partial charge is 0.0469 e. The molecular weight excluding hydrogens is 222 g/mol.